The average molecular weight is 461 g/mol. The molecule has 0 aliphatic rings. The Kier molecular flexibility index (Phi) is 3.69. The smallest absolute Gasteiger partial charge is 0.216 e. The Morgan fingerprint density at radius 2 is 1.40 bits per heavy atom. The van der Waals surface area contributed by atoms with E-state index in [9.17, 15) is 0 Å². The lowest BCUT2D eigenvalue weighted by Crippen LogP contribution is -2.31. The molecule has 2 heteroatoms. The third kappa shape index (κ3) is 3.45. The zero-order chi connectivity index (χ0) is 29.1. The first kappa shape index (κ1) is 15.7. The summed E-state index contributed by atoms with van der Waals surface area (Å²) in [4.78, 5) is 0. The SMILES string of the molecule is [2H]C([2H])([2H])c1ccccc1-c1cc(-c2c(C)ccc3c2oc2c(-c4ccccc4)cccc23)[n+](C)cc1C([2H])([2H])[2H]. The summed E-state index contributed by atoms with van der Waals surface area (Å²) in [6.07, 6.45) is 1.59. The lowest BCUT2D eigenvalue weighted by Gasteiger charge is -2.12. The van der Waals surface area contributed by atoms with Crippen LogP contribution >= 0.6 is 0 Å². The second-order valence-corrected chi connectivity index (χ2v) is 8.93. The average Bonchev–Trinajstić information content (AvgIpc) is 3.31. The Hall–Kier alpha value is -4.17. The summed E-state index contributed by atoms with van der Waals surface area (Å²) < 4.78 is 57.6. The van der Waals surface area contributed by atoms with Crippen molar-refractivity contribution in [2.75, 3.05) is 0 Å². The lowest BCUT2D eigenvalue weighted by molar-refractivity contribution is -0.660. The van der Waals surface area contributed by atoms with Crippen LogP contribution in [-0.2, 0) is 7.05 Å². The van der Waals surface area contributed by atoms with E-state index in [1.54, 1.807) is 42.1 Å². The third-order valence-corrected chi connectivity index (χ3v) is 6.71. The Morgan fingerprint density at radius 1 is 0.657 bits per heavy atom. The lowest BCUT2D eigenvalue weighted by atomic mass is 9.94. The standard InChI is InChI=1S/C33H28NO/c1-21-11-8-9-14-25(21)29-19-30(34(4)20-23(29)3)31-22(2)17-18-28-27-16-10-15-26(32(27)35-33(28)31)24-12-6-5-7-13-24/h5-20H,1-4H3/q+1/i1D3,3D3. The molecular weight excluding hydrogens is 426 g/mol. The van der Waals surface area contributed by atoms with Crippen LogP contribution in [0.5, 0.6) is 0 Å². The van der Waals surface area contributed by atoms with Crippen LogP contribution in [0.1, 0.15) is 24.9 Å². The number of aromatic nitrogens is 1. The zero-order valence-electron chi connectivity index (χ0n) is 25.6. The summed E-state index contributed by atoms with van der Waals surface area (Å²) in [6.45, 7) is -2.88. The number of hydrogen-bond acceptors (Lipinski definition) is 1. The van der Waals surface area contributed by atoms with E-state index in [0.29, 0.717) is 16.7 Å². The minimum absolute atomic E-state index is 0.0845. The van der Waals surface area contributed by atoms with Crippen molar-refractivity contribution in [2.45, 2.75) is 20.6 Å². The molecule has 0 saturated heterocycles. The molecule has 0 fully saturated rings. The quantitative estimate of drug-likeness (QED) is 0.243. The molecular formula is C33H28NO+. The molecule has 2 aromatic heterocycles. The second-order valence-electron chi connectivity index (χ2n) is 8.93. The fourth-order valence-electron chi connectivity index (χ4n) is 4.96. The third-order valence-electron chi connectivity index (χ3n) is 6.71. The van der Waals surface area contributed by atoms with Gasteiger partial charge >= 0.3 is 0 Å². The summed E-state index contributed by atoms with van der Waals surface area (Å²) in [5.41, 5.74) is 6.92. The van der Waals surface area contributed by atoms with E-state index in [1.165, 1.54) is 6.07 Å². The fourth-order valence-corrected chi connectivity index (χ4v) is 4.96. The molecule has 6 aromatic rings. The Morgan fingerprint density at radius 3 is 2.23 bits per heavy atom. The van der Waals surface area contributed by atoms with E-state index in [0.717, 1.165) is 44.3 Å². The molecule has 0 aliphatic carbocycles. The number of rotatable bonds is 3. The van der Waals surface area contributed by atoms with Crippen LogP contribution < -0.4 is 4.57 Å². The van der Waals surface area contributed by atoms with Crippen molar-refractivity contribution in [3.8, 4) is 33.5 Å². The predicted octanol–water partition coefficient (Wildman–Crippen LogP) is 8.34. The van der Waals surface area contributed by atoms with Crippen molar-refractivity contribution in [1.29, 1.82) is 0 Å². The van der Waals surface area contributed by atoms with Gasteiger partial charge in [-0.25, -0.2) is 4.57 Å². The monoisotopic (exact) mass is 460 g/mol. The number of hydrogen-bond donors (Lipinski definition) is 0. The molecule has 0 radical (unpaired) electrons. The highest BCUT2D eigenvalue weighted by atomic mass is 16.3. The van der Waals surface area contributed by atoms with Gasteiger partial charge in [-0.3, -0.25) is 0 Å². The maximum absolute atomic E-state index is 8.27. The summed E-state index contributed by atoms with van der Waals surface area (Å²) in [7, 11) is 1.81. The second kappa shape index (κ2) is 8.25. The first-order valence-electron chi connectivity index (χ1n) is 14.6. The molecule has 170 valence electrons. The van der Waals surface area contributed by atoms with E-state index in [1.807, 2.05) is 49.4 Å². The number of fused-ring (bicyclic) bond motifs is 3. The minimum Gasteiger partial charge on any atom is -0.454 e. The number of furan rings is 1. The number of benzene rings is 4. The summed E-state index contributed by atoms with van der Waals surface area (Å²) in [5.74, 6) is 0. The van der Waals surface area contributed by atoms with Gasteiger partial charge in [-0.2, -0.15) is 0 Å². The van der Waals surface area contributed by atoms with Crippen LogP contribution in [0, 0.1) is 20.6 Å². The molecule has 0 N–H and O–H groups in total. The Labute approximate surface area is 214 Å². The molecule has 0 atom stereocenters. The van der Waals surface area contributed by atoms with Gasteiger partial charge in [0, 0.05) is 36.2 Å². The highest BCUT2D eigenvalue weighted by Gasteiger charge is 2.23. The van der Waals surface area contributed by atoms with Crippen molar-refractivity contribution in [2.24, 2.45) is 7.05 Å². The van der Waals surface area contributed by atoms with Crippen LogP contribution in [0.2, 0.25) is 0 Å². The van der Waals surface area contributed by atoms with Crippen molar-refractivity contribution in [3.63, 3.8) is 0 Å². The largest absolute Gasteiger partial charge is 0.454 e. The molecule has 0 aliphatic heterocycles. The van der Waals surface area contributed by atoms with Gasteiger partial charge in [0.2, 0.25) is 5.69 Å². The molecule has 2 nitrogen and oxygen atoms in total. The highest BCUT2D eigenvalue weighted by Crippen LogP contribution is 2.41. The topological polar surface area (TPSA) is 17.0 Å². The van der Waals surface area contributed by atoms with Crippen LogP contribution in [0.4, 0.5) is 0 Å². The van der Waals surface area contributed by atoms with E-state index in [2.05, 4.69) is 18.2 Å². The zero-order valence-corrected chi connectivity index (χ0v) is 19.6. The molecule has 35 heavy (non-hydrogen) atoms. The van der Waals surface area contributed by atoms with E-state index in [-0.39, 0.29) is 11.1 Å². The molecule has 0 amide bonds. The Bertz CT molecular complexity index is 1930. The maximum Gasteiger partial charge on any atom is 0.216 e. The van der Waals surface area contributed by atoms with Gasteiger partial charge in [0.15, 0.2) is 6.20 Å². The first-order chi connectivity index (χ1) is 19.4. The molecule has 2 heterocycles. The Balaban J connectivity index is 1.68. The summed E-state index contributed by atoms with van der Waals surface area (Å²) in [6, 6.07) is 28.7. The van der Waals surface area contributed by atoms with Gasteiger partial charge in [0.25, 0.3) is 0 Å². The number of para-hydroxylation sites is 1. The number of aryl methyl sites for hydroxylation is 4. The molecule has 0 spiro atoms. The predicted molar refractivity (Wildman–Crippen MR) is 145 cm³/mol. The van der Waals surface area contributed by atoms with Crippen molar-refractivity contribution >= 4 is 21.9 Å². The number of pyridine rings is 1. The summed E-state index contributed by atoms with van der Waals surface area (Å²) >= 11 is 0. The van der Waals surface area contributed by atoms with Crippen LogP contribution in [0.15, 0.2) is 102 Å². The number of nitrogens with zero attached hydrogens (tertiary/aromatic N) is 1. The fraction of sp³-hybridized carbons (Fsp3) is 0.121. The van der Waals surface area contributed by atoms with Crippen molar-refractivity contribution in [1.82, 2.24) is 0 Å². The van der Waals surface area contributed by atoms with Gasteiger partial charge in [-0.1, -0.05) is 84.9 Å². The minimum atomic E-state index is -2.46. The van der Waals surface area contributed by atoms with E-state index >= 15 is 0 Å². The van der Waals surface area contributed by atoms with Crippen molar-refractivity contribution < 1.29 is 17.2 Å². The molecule has 0 bridgehead atoms. The van der Waals surface area contributed by atoms with Crippen LogP contribution in [0.3, 0.4) is 0 Å². The van der Waals surface area contributed by atoms with Gasteiger partial charge in [0.1, 0.15) is 18.2 Å². The van der Waals surface area contributed by atoms with Gasteiger partial charge in [-0.15, -0.1) is 0 Å². The normalized spacial score (nSPS) is 14.7. The van der Waals surface area contributed by atoms with Crippen molar-refractivity contribution in [3.05, 3.63) is 114 Å². The maximum atomic E-state index is 8.27. The summed E-state index contributed by atoms with van der Waals surface area (Å²) in [5, 5.41) is 1.93. The van der Waals surface area contributed by atoms with E-state index in [4.69, 9.17) is 12.6 Å². The van der Waals surface area contributed by atoms with Crippen LogP contribution in [-0.4, -0.2) is 0 Å². The first-order valence-corrected chi connectivity index (χ1v) is 11.6. The van der Waals surface area contributed by atoms with E-state index < -0.39 is 13.7 Å². The van der Waals surface area contributed by atoms with Gasteiger partial charge in [-0.05, 0) is 48.4 Å². The molecule has 6 rings (SSSR count). The highest BCUT2D eigenvalue weighted by molar-refractivity contribution is 6.13. The van der Waals surface area contributed by atoms with Gasteiger partial charge < -0.3 is 4.42 Å². The van der Waals surface area contributed by atoms with Gasteiger partial charge in [0.05, 0.1) is 5.56 Å². The molecule has 4 aromatic carbocycles. The molecule has 0 unspecified atom stereocenters. The molecule has 0 saturated carbocycles. The van der Waals surface area contributed by atoms with Crippen LogP contribution in [0.25, 0.3) is 55.4 Å².